The maximum atomic E-state index is 11.6. The SMILES string of the molecule is C=C[C@H]1C[C@]1(N)C(=O)NS(=O)(=O)C1CC1. The monoisotopic (exact) mass is 230 g/mol. The number of amides is 1. The van der Waals surface area contributed by atoms with Crippen molar-refractivity contribution in [3.63, 3.8) is 0 Å². The zero-order chi connectivity index (χ0) is 11.3. The molecule has 0 aromatic rings. The van der Waals surface area contributed by atoms with Crippen molar-refractivity contribution in [1.29, 1.82) is 0 Å². The number of nitrogens with two attached hydrogens (primary N) is 1. The molecule has 2 aliphatic carbocycles. The van der Waals surface area contributed by atoms with Gasteiger partial charge in [0.1, 0.15) is 5.54 Å². The molecule has 0 saturated heterocycles. The molecule has 0 bridgehead atoms. The van der Waals surface area contributed by atoms with Crippen LogP contribution in [0.25, 0.3) is 0 Å². The average molecular weight is 230 g/mol. The quantitative estimate of drug-likeness (QED) is 0.637. The minimum atomic E-state index is -3.47. The van der Waals surface area contributed by atoms with E-state index in [-0.39, 0.29) is 5.92 Å². The third kappa shape index (κ3) is 1.79. The van der Waals surface area contributed by atoms with Crippen LogP contribution in [-0.4, -0.2) is 25.1 Å². The van der Waals surface area contributed by atoms with Crippen molar-refractivity contribution in [3.8, 4) is 0 Å². The molecule has 0 aromatic carbocycles. The molecule has 0 aromatic heterocycles. The molecule has 0 heterocycles. The van der Waals surface area contributed by atoms with Gasteiger partial charge in [-0.05, 0) is 19.3 Å². The summed E-state index contributed by atoms with van der Waals surface area (Å²) < 4.78 is 25.0. The smallest absolute Gasteiger partial charge is 0.254 e. The number of rotatable bonds is 4. The Morgan fingerprint density at radius 1 is 1.53 bits per heavy atom. The fraction of sp³-hybridized carbons (Fsp3) is 0.667. The minimum absolute atomic E-state index is 0.105. The molecule has 0 unspecified atom stereocenters. The van der Waals surface area contributed by atoms with Gasteiger partial charge in [0.15, 0.2) is 0 Å². The first kappa shape index (κ1) is 10.6. The van der Waals surface area contributed by atoms with E-state index in [1.54, 1.807) is 6.08 Å². The van der Waals surface area contributed by atoms with E-state index >= 15 is 0 Å². The fourth-order valence-corrected chi connectivity index (χ4v) is 2.92. The van der Waals surface area contributed by atoms with Crippen LogP contribution in [0.2, 0.25) is 0 Å². The van der Waals surface area contributed by atoms with Crippen LogP contribution in [0.5, 0.6) is 0 Å². The Labute approximate surface area is 88.8 Å². The molecule has 15 heavy (non-hydrogen) atoms. The minimum Gasteiger partial charge on any atom is -0.317 e. The molecule has 84 valence electrons. The molecule has 5 nitrogen and oxygen atoms in total. The molecule has 0 spiro atoms. The van der Waals surface area contributed by atoms with Gasteiger partial charge in [-0.1, -0.05) is 6.08 Å². The van der Waals surface area contributed by atoms with Crippen molar-refractivity contribution in [3.05, 3.63) is 12.7 Å². The van der Waals surface area contributed by atoms with Gasteiger partial charge in [0.25, 0.3) is 5.91 Å². The molecule has 2 aliphatic rings. The van der Waals surface area contributed by atoms with Gasteiger partial charge in [-0.15, -0.1) is 6.58 Å². The predicted molar refractivity (Wildman–Crippen MR) is 55.3 cm³/mol. The molecule has 3 N–H and O–H groups in total. The zero-order valence-corrected chi connectivity index (χ0v) is 9.09. The van der Waals surface area contributed by atoms with Gasteiger partial charge in [0.05, 0.1) is 5.25 Å². The third-order valence-electron chi connectivity index (χ3n) is 2.96. The number of nitrogens with one attached hydrogen (secondary N) is 1. The molecule has 2 saturated carbocycles. The number of carbonyl (C=O) groups is 1. The largest absolute Gasteiger partial charge is 0.317 e. The van der Waals surface area contributed by atoms with Crippen molar-refractivity contribution in [1.82, 2.24) is 4.72 Å². The number of hydrogen-bond acceptors (Lipinski definition) is 4. The van der Waals surface area contributed by atoms with E-state index in [0.29, 0.717) is 19.3 Å². The van der Waals surface area contributed by atoms with Crippen LogP contribution in [0.4, 0.5) is 0 Å². The Morgan fingerprint density at radius 2 is 2.13 bits per heavy atom. The van der Waals surface area contributed by atoms with E-state index in [1.807, 2.05) is 4.72 Å². The van der Waals surface area contributed by atoms with E-state index in [2.05, 4.69) is 6.58 Å². The van der Waals surface area contributed by atoms with Gasteiger partial charge >= 0.3 is 0 Å². The predicted octanol–water partition coefficient (Wildman–Crippen LogP) is -0.502. The summed E-state index contributed by atoms with van der Waals surface area (Å²) in [6, 6.07) is 0. The lowest BCUT2D eigenvalue weighted by molar-refractivity contribution is -0.121. The molecular formula is C9H14N2O3S. The Balaban J connectivity index is 2.02. The normalized spacial score (nSPS) is 34.6. The summed E-state index contributed by atoms with van der Waals surface area (Å²) in [5.74, 6) is -0.703. The van der Waals surface area contributed by atoms with E-state index in [1.165, 1.54) is 0 Å². The zero-order valence-electron chi connectivity index (χ0n) is 8.27. The molecule has 0 aliphatic heterocycles. The van der Waals surface area contributed by atoms with Crippen molar-refractivity contribution in [2.24, 2.45) is 11.7 Å². The fourth-order valence-electron chi connectivity index (χ4n) is 1.55. The summed E-state index contributed by atoms with van der Waals surface area (Å²) in [4.78, 5) is 11.6. The van der Waals surface area contributed by atoms with Gasteiger partial charge in [-0.3, -0.25) is 9.52 Å². The molecule has 0 radical (unpaired) electrons. The second-order valence-electron chi connectivity index (χ2n) is 4.26. The van der Waals surface area contributed by atoms with E-state index in [9.17, 15) is 13.2 Å². The highest BCUT2D eigenvalue weighted by molar-refractivity contribution is 7.90. The summed E-state index contributed by atoms with van der Waals surface area (Å²) in [6.07, 6.45) is 3.32. The lowest BCUT2D eigenvalue weighted by Crippen LogP contribution is -2.47. The van der Waals surface area contributed by atoms with E-state index in [4.69, 9.17) is 5.73 Å². The molecular weight excluding hydrogens is 216 g/mol. The van der Waals surface area contributed by atoms with Gasteiger partial charge < -0.3 is 5.73 Å². The molecule has 2 atom stereocenters. The highest BCUT2D eigenvalue weighted by atomic mass is 32.2. The second kappa shape index (κ2) is 3.05. The summed E-state index contributed by atoms with van der Waals surface area (Å²) in [5, 5.41) is -0.397. The molecule has 1 amide bonds. The van der Waals surface area contributed by atoms with Crippen molar-refractivity contribution in [2.45, 2.75) is 30.1 Å². The molecule has 2 fully saturated rings. The van der Waals surface area contributed by atoms with Crippen LogP contribution in [0.1, 0.15) is 19.3 Å². The van der Waals surface area contributed by atoms with Crippen LogP contribution in [0.15, 0.2) is 12.7 Å². The highest BCUT2D eigenvalue weighted by Gasteiger charge is 2.56. The maximum Gasteiger partial charge on any atom is 0.254 e. The van der Waals surface area contributed by atoms with Crippen molar-refractivity contribution >= 4 is 15.9 Å². The maximum absolute atomic E-state index is 11.6. The Morgan fingerprint density at radius 3 is 2.53 bits per heavy atom. The lowest BCUT2D eigenvalue weighted by Gasteiger charge is -2.11. The van der Waals surface area contributed by atoms with Gasteiger partial charge in [-0.25, -0.2) is 8.42 Å². The number of carbonyl (C=O) groups excluding carboxylic acids is 1. The van der Waals surface area contributed by atoms with Gasteiger partial charge in [0, 0.05) is 5.92 Å². The van der Waals surface area contributed by atoms with Crippen molar-refractivity contribution < 1.29 is 13.2 Å². The molecule has 2 rings (SSSR count). The summed E-state index contributed by atoms with van der Waals surface area (Å²) >= 11 is 0. The Kier molecular flexibility index (Phi) is 2.16. The number of hydrogen-bond donors (Lipinski definition) is 2. The third-order valence-corrected chi connectivity index (χ3v) is 4.78. The van der Waals surface area contributed by atoms with Crippen LogP contribution in [-0.2, 0) is 14.8 Å². The summed E-state index contributed by atoms with van der Waals surface area (Å²) in [7, 11) is -3.47. The van der Waals surface area contributed by atoms with Crippen LogP contribution < -0.4 is 10.5 Å². The first-order valence-electron chi connectivity index (χ1n) is 4.87. The van der Waals surface area contributed by atoms with Crippen LogP contribution >= 0.6 is 0 Å². The van der Waals surface area contributed by atoms with E-state index in [0.717, 1.165) is 0 Å². The first-order valence-corrected chi connectivity index (χ1v) is 6.42. The molecule has 6 heteroatoms. The van der Waals surface area contributed by atoms with Crippen LogP contribution in [0.3, 0.4) is 0 Å². The highest BCUT2D eigenvalue weighted by Crippen LogP contribution is 2.42. The summed E-state index contributed by atoms with van der Waals surface area (Å²) in [5.41, 5.74) is 4.67. The average Bonchev–Trinajstić information content (AvgIpc) is 2.97. The lowest BCUT2D eigenvalue weighted by atomic mass is 10.2. The standard InChI is InChI=1S/C9H14N2O3S/c1-2-6-5-9(6,10)8(12)11-15(13,14)7-3-4-7/h2,6-7H,1,3-5,10H2,(H,11,12)/t6-,9+/m0/s1. The Hall–Kier alpha value is -0.880. The number of sulfonamides is 1. The van der Waals surface area contributed by atoms with Gasteiger partial charge in [0.2, 0.25) is 10.0 Å². The first-order chi connectivity index (χ1) is 6.90. The van der Waals surface area contributed by atoms with Crippen LogP contribution in [0, 0.1) is 5.92 Å². The van der Waals surface area contributed by atoms with Gasteiger partial charge in [-0.2, -0.15) is 0 Å². The van der Waals surface area contributed by atoms with E-state index < -0.39 is 26.7 Å². The summed E-state index contributed by atoms with van der Waals surface area (Å²) in [6.45, 7) is 3.54. The Bertz CT molecular complexity index is 413. The topological polar surface area (TPSA) is 89.3 Å². The second-order valence-corrected chi connectivity index (χ2v) is 6.22. The van der Waals surface area contributed by atoms with Crippen molar-refractivity contribution in [2.75, 3.05) is 0 Å².